The lowest BCUT2D eigenvalue weighted by Gasteiger charge is -2.34. The van der Waals surface area contributed by atoms with Crippen molar-refractivity contribution in [2.45, 2.75) is 44.7 Å². The molecule has 0 radical (unpaired) electrons. The predicted molar refractivity (Wildman–Crippen MR) is 181 cm³/mol. The summed E-state index contributed by atoms with van der Waals surface area (Å²) in [5.41, 5.74) is 2.32. The van der Waals surface area contributed by atoms with Gasteiger partial charge in [0.25, 0.3) is 10.0 Å². The molecule has 0 saturated heterocycles. The van der Waals surface area contributed by atoms with Crippen LogP contribution in [-0.2, 0) is 32.6 Å². The van der Waals surface area contributed by atoms with Crippen LogP contribution in [0.5, 0.6) is 0 Å². The third kappa shape index (κ3) is 8.87. The number of amides is 2. The lowest BCUT2D eigenvalue weighted by Crippen LogP contribution is -2.53. The number of anilines is 1. The average Bonchev–Trinajstić information content (AvgIpc) is 3.02. The molecule has 2 amide bonds. The van der Waals surface area contributed by atoms with E-state index in [4.69, 9.17) is 23.2 Å². The molecule has 4 aromatic rings. The molecule has 1 atom stereocenters. The molecule has 0 fully saturated rings. The molecule has 4 aromatic carbocycles. The number of hydrogen-bond acceptors (Lipinski definition) is 4. The van der Waals surface area contributed by atoms with Crippen LogP contribution in [0, 0.1) is 18.7 Å². The zero-order valence-corrected chi connectivity index (χ0v) is 28.1. The molecular weight excluding hydrogens is 648 g/mol. The highest BCUT2D eigenvalue weighted by Gasteiger charge is 2.35. The van der Waals surface area contributed by atoms with Gasteiger partial charge in [0, 0.05) is 35.1 Å². The second-order valence-corrected chi connectivity index (χ2v) is 14.0. The summed E-state index contributed by atoms with van der Waals surface area (Å²) in [6, 6.07) is 24.1. The van der Waals surface area contributed by atoms with Gasteiger partial charge in [-0.05, 0) is 66.9 Å². The van der Waals surface area contributed by atoms with Crippen molar-refractivity contribution in [3.63, 3.8) is 0 Å². The quantitative estimate of drug-likeness (QED) is 0.164. The number of nitrogens with one attached hydrogen (secondary N) is 1. The van der Waals surface area contributed by atoms with Gasteiger partial charge in [-0.15, -0.1) is 0 Å². The number of hydrogen-bond donors (Lipinski definition) is 1. The van der Waals surface area contributed by atoms with Gasteiger partial charge in [0.05, 0.1) is 10.6 Å². The molecule has 0 spiro atoms. The Bertz CT molecular complexity index is 1730. The fourth-order valence-corrected chi connectivity index (χ4v) is 6.73. The van der Waals surface area contributed by atoms with E-state index in [-0.39, 0.29) is 29.5 Å². The molecule has 242 valence electrons. The van der Waals surface area contributed by atoms with E-state index in [0.29, 0.717) is 22.2 Å². The summed E-state index contributed by atoms with van der Waals surface area (Å²) < 4.78 is 42.8. The minimum atomic E-state index is -4.36. The SMILES string of the molecule is Cc1ccc(N(CC(=O)N(Cc2c(Cl)cccc2Cl)C(Cc2ccccc2)C(=O)NCC(C)C)S(=O)(=O)c2ccc(F)cc2)cc1. The highest BCUT2D eigenvalue weighted by molar-refractivity contribution is 7.92. The lowest BCUT2D eigenvalue weighted by molar-refractivity contribution is -0.140. The number of rotatable bonds is 13. The maximum atomic E-state index is 14.5. The standard InChI is InChI=1S/C35H36Cl2FN3O4S/c1-24(2)21-39-35(43)33(20-26-8-5-4-6-9-26)40(22-30-31(36)10-7-11-32(30)37)34(42)23-41(28-16-12-25(3)13-17-28)46(44,45)29-18-14-27(38)15-19-29/h4-19,24,33H,20-23H2,1-3H3,(H,39,43). The molecule has 1 unspecified atom stereocenters. The van der Waals surface area contributed by atoms with Crippen LogP contribution >= 0.6 is 23.2 Å². The minimum absolute atomic E-state index is 0.140. The Morgan fingerprint density at radius 3 is 2.04 bits per heavy atom. The van der Waals surface area contributed by atoms with Crippen LogP contribution in [0.25, 0.3) is 0 Å². The zero-order chi connectivity index (χ0) is 33.4. The van der Waals surface area contributed by atoms with E-state index < -0.39 is 40.2 Å². The predicted octanol–water partition coefficient (Wildman–Crippen LogP) is 7.05. The zero-order valence-electron chi connectivity index (χ0n) is 25.8. The van der Waals surface area contributed by atoms with Crippen molar-refractivity contribution in [2.75, 3.05) is 17.4 Å². The summed E-state index contributed by atoms with van der Waals surface area (Å²) in [7, 11) is -4.36. The maximum Gasteiger partial charge on any atom is 0.264 e. The first-order valence-corrected chi connectivity index (χ1v) is 17.0. The van der Waals surface area contributed by atoms with Crippen LogP contribution in [0.3, 0.4) is 0 Å². The third-order valence-corrected chi connectivity index (χ3v) is 9.84. The first kappa shape index (κ1) is 34.9. The summed E-state index contributed by atoms with van der Waals surface area (Å²) >= 11 is 13.1. The van der Waals surface area contributed by atoms with E-state index in [2.05, 4.69) is 5.32 Å². The largest absolute Gasteiger partial charge is 0.354 e. The highest BCUT2D eigenvalue weighted by atomic mass is 35.5. The Kier molecular flexibility index (Phi) is 11.8. The van der Waals surface area contributed by atoms with E-state index in [0.717, 1.165) is 39.7 Å². The summed E-state index contributed by atoms with van der Waals surface area (Å²) in [6.45, 7) is 5.31. The number of benzene rings is 4. The normalized spacial score (nSPS) is 12.1. The van der Waals surface area contributed by atoms with E-state index >= 15 is 0 Å². The van der Waals surface area contributed by atoms with Crippen molar-refractivity contribution in [3.05, 3.63) is 130 Å². The molecular formula is C35H36Cl2FN3O4S. The van der Waals surface area contributed by atoms with Crippen LogP contribution < -0.4 is 9.62 Å². The Morgan fingerprint density at radius 1 is 0.848 bits per heavy atom. The van der Waals surface area contributed by atoms with Crippen molar-refractivity contribution in [3.8, 4) is 0 Å². The van der Waals surface area contributed by atoms with Crippen molar-refractivity contribution >= 4 is 50.7 Å². The van der Waals surface area contributed by atoms with E-state index in [9.17, 15) is 22.4 Å². The van der Waals surface area contributed by atoms with Gasteiger partial charge >= 0.3 is 0 Å². The van der Waals surface area contributed by atoms with Gasteiger partial charge in [0.1, 0.15) is 18.4 Å². The molecule has 0 aliphatic rings. The molecule has 0 saturated carbocycles. The molecule has 46 heavy (non-hydrogen) atoms. The first-order valence-electron chi connectivity index (χ1n) is 14.8. The Labute approximate surface area is 280 Å². The Hall–Kier alpha value is -3.92. The van der Waals surface area contributed by atoms with Crippen molar-refractivity contribution in [1.82, 2.24) is 10.2 Å². The Balaban J connectivity index is 1.83. The average molecular weight is 685 g/mol. The highest BCUT2D eigenvalue weighted by Crippen LogP contribution is 2.29. The molecule has 4 rings (SSSR count). The van der Waals surface area contributed by atoms with Crippen LogP contribution in [0.2, 0.25) is 10.0 Å². The van der Waals surface area contributed by atoms with Gasteiger partial charge in [-0.1, -0.05) is 91.1 Å². The molecule has 0 bridgehead atoms. The van der Waals surface area contributed by atoms with Crippen LogP contribution in [0.15, 0.2) is 102 Å². The first-order chi connectivity index (χ1) is 21.9. The smallest absolute Gasteiger partial charge is 0.264 e. The number of aryl methyl sites for hydroxylation is 1. The third-order valence-electron chi connectivity index (χ3n) is 7.35. The Morgan fingerprint density at radius 2 is 1.46 bits per heavy atom. The number of halogens is 3. The number of sulfonamides is 1. The lowest BCUT2D eigenvalue weighted by atomic mass is 10.0. The number of carbonyl (C=O) groups excluding carboxylic acids is 2. The second-order valence-electron chi connectivity index (χ2n) is 11.4. The van der Waals surface area contributed by atoms with Gasteiger partial charge in [0.15, 0.2) is 0 Å². The number of nitrogens with zero attached hydrogens (tertiary/aromatic N) is 2. The molecule has 0 aromatic heterocycles. The van der Waals surface area contributed by atoms with Gasteiger partial charge in [-0.25, -0.2) is 12.8 Å². The van der Waals surface area contributed by atoms with E-state index in [1.54, 1.807) is 42.5 Å². The molecule has 0 aliphatic carbocycles. The van der Waals surface area contributed by atoms with Crippen molar-refractivity contribution in [1.29, 1.82) is 0 Å². The van der Waals surface area contributed by atoms with Crippen LogP contribution in [0.4, 0.5) is 10.1 Å². The van der Waals surface area contributed by atoms with Crippen LogP contribution in [0.1, 0.15) is 30.5 Å². The van der Waals surface area contributed by atoms with Crippen molar-refractivity contribution < 1.29 is 22.4 Å². The van der Waals surface area contributed by atoms with Crippen molar-refractivity contribution in [2.24, 2.45) is 5.92 Å². The summed E-state index contributed by atoms with van der Waals surface area (Å²) in [5.74, 6) is -1.53. The molecule has 11 heteroatoms. The van der Waals surface area contributed by atoms with Gasteiger partial charge in [-0.2, -0.15) is 0 Å². The molecule has 1 N–H and O–H groups in total. The molecule has 7 nitrogen and oxygen atoms in total. The summed E-state index contributed by atoms with van der Waals surface area (Å²) in [5, 5.41) is 3.52. The monoisotopic (exact) mass is 683 g/mol. The number of carbonyl (C=O) groups is 2. The molecule has 0 aliphatic heterocycles. The van der Waals surface area contributed by atoms with Gasteiger partial charge in [-0.3, -0.25) is 13.9 Å². The fraction of sp³-hybridized carbons (Fsp3) is 0.257. The fourth-order valence-electron chi connectivity index (χ4n) is 4.80. The molecule has 0 heterocycles. The summed E-state index contributed by atoms with van der Waals surface area (Å²) in [6.07, 6.45) is 0.147. The van der Waals surface area contributed by atoms with Gasteiger partial charge in [0.2, 0.25) is 11.8 Å². The van der Waals surface area contributed by atoms with Crippen LogP contribution in [-0.4, -0.2) is 44.3 Å². The summed E-state index contributed by atoms with van der Waals surface area (Å²) in [4.78, 5) is 29.5. The van der Waals surface area contributed by atoms with Gasteiger partial charge < -0.3 is 10.2 Å². The minimum Gasteiger partial charge on any atom is -0.354 e. The maximum absolute atomic E-state index is 14.5. The van der Waals surface area contributed by atoms with E-state index in [1.807, 2.05) is 51.1 Å². The topological polar surface area (TPSA) is 86.8 Å². The second kappa shape index (κ2) is 15.6. The van der Waals surface area contributed by atoms with E-state index in [1.165, 1.54) is 4.90 Å².